The monoisotopic (exact) mass is 328 g/mol. The van der Waals surface area contributed by atoms with Gasteiger partial charge in [-0.3, -0.25) is 4.99 Å². The predicted molar refractivity (Wildman–Crippen MR) is 103 cm³/mol. The average molecular weight is 328 g/mol. The fourth-order valence-electron chi connectivity index (χ4n) is 3.10. The zero-order valence-electron chi connectivity index (χ0n) is 14.2. The highest BCUT2D eigenvalue weighted by molar-refractivity contribution is 5.82. The van der Waals surface area contributed by atoms with Gasteiger partial charge in [-0.15, -0.1) is 0 Å². The third-order valence-electron chi connectivity index (χ3n) is 4.53. The van der Waals surface area contributed by atoms with Crippen molar-refractivity contribution in [1.29, 1.82) is 0 Å². The van der Waals surface area contributed by atoms with Crippen molar-refractivity contribution in [2.24, 2.45) is 4.99 Å². The number of ether oxygens (including phenoxy) is 1. The van der Waals surface area contributed by atoms with Crippen LogP contribution in [0.4, 0.5) is 11.4 Å². The Morgan fingerprint density at radius 2 is 1.48 bits per heavy atom. The molecule has 0 bridgehead atoms. The number of methoxy groups -OCH3 is 1. The molecule has 1 heterocycles. The molecule has 3 aromatic rings. The second-order valence-electron chi connectivity index (χ2n) is 6.17. The van der Waals surface area contributed by atoms with Crippen LogP contribution in [0.25, 0.3) is 0 Å². The number of fused-ring (bicyclic) bond motifs is 1. The standard InChI is InChI=1S/C22H20N2O/c1-25-22-12-6-17(7-13-22)14-23-20-8-10-21(11-9-20)24-15-18-4-2-3-5-19(18)16-24/h2-14H,15-16H2,1H3. The summed E-state index contributed by atoms with van der Waals surface area (Å²) in [4.78, 5) is 6.95. The van der Waals surface area contributed by atoms with Crippen molar-refractivity contribution in [3.8, 4) is 5.75 Å². The summed E-state index contributed by atoms with van der Waals surface area (Å²) in [6.07, 6.45) is 1.88. The molecule has 0 atom stereocenters. The van der Waals surface area contributed by atoms with Crippen LogP contribution >= 0.6 is 0 Å². The van der Waals surface area contributed by atoms with E-state index in [1.807, 2.05) is 30.5 Å². The van der Waals surface area contributed by atoms with Gasteiger partial charge in [0.15, 0.2) is 0 Å². The lowest BCUT2D eigenvalue weighted by Crippen LogP contribution is -2.13. The number of aliphatic imine (C=N–C) groups is 1. The van der Waals surface area contributed by atoms with Crippen LogP contribution in [-0.2, 0) is 13.1 Å². The quantitative estimate of drug-likeness (QED) is 0.632. The summed E-state index contributed by atoms with van der Waals surface area (Å²) in [6.45, 7) is 1.95. The first-order valence-corrected chi connectivity index (χ1v) is 8.42. The van der Waals surface area contributed by atoms with E-state index in [2.05, 4.69) is 58.4 Å². The zero-order chi connectivity index (χ0) is 17.1. The van der Waals surface area contributed by atoms with Crippen molar-refractivity contribution in [1.82, 2.24) is 0 Å². The Labute approximate surface area is 148 Å². The van der Waals surface area contributed by atoms with Crippen LogP contribution < -0.4 is 9.64 Å². The molecule has 0 amide bonds. The van der Waals surface area contributed by atoms with Gasteiger partial charge >= 0.3 is 0 Å². The molecule has 0 radical (unpaired) electrons. The molecule has 1 aliphatic rings. The van der Waals surface area contributed by atoms with Gasteiger partial charge in [0.2, 0.25) is 0 Å². The molecule has 3 heteroatoms. The van der Waals surface area contributed by atoms with Crippen LogP contribution in [0.15, 0.2) is 77.8 Å². The lowest BCUT2D eigenvalue weighted by Gasteiger charge is -2.17. The Morgan fingerprint density at radius 3 is 2.08 bits per heavy atom. The maximum Gasteiger partial charge on any atom is 0.118 e. The summed E-state index contributed by atoms with van der Waals surface area (Å²) in [6, 6.07) is 24.9. The highest BCUT2D eigenvalue weighted by atomic mass is 16.5. The highest BCUT2D eigenvalue weighted by Crippen LogP contribution is 2.29. The first-order chi connectivity index (χ1) is 12.3. The van der Waals surface area contributed by atoms with Gasteiger partial charge in [-0.1, -0.05) is 24.3 Å². The number of nitrogens with zero attached hydrogens (tertiary/aromatic N) is 2. The van der Waals surface area contributed by atoms with Gasteiger partial charge in [0.05, 0.1) is 12.8 Å². The van der Waals surface area contributed by atoms with Gasteiger partial charge in [-0.2, -0.15) is 0 Å². The average Bonchev–Trinajstić information content (AvgIpc) is 3.11. The minimum atomic E-state index is 0.855. The molecule has 124 valence electrons. The maximum absolute atomic E-state index is 5.17. The Hall–Kier alpha value is -3.07. The van der Waals surface area contributed by atoms with E-state index >= 15 is 0 Å². The Bertz CT molecular complexity index is 858. The molecular weight excluding hydrogens is 308 g/mol. The summed E-state index contributed by atoms with van der Waals surface area (Å²) in [5.74, 6) is 0.855. The van der Waals surface area contributed by atoms with Crippen molar-refractivity contribution in [3.63, 3.8) is 0 Å². The molecule has 0 unspecified atom stereocenters. The lowest BCUT2D eigenvalue weighted by molar-refractivity contribution is 0.415. The van der Waals surface area contributed by atoms with Crippen LogP contribution in [0.1, 0.15) is 16.7 Å². The molecule has 1 aliphatic heterocycles. The number of rotatable bonds is 4. The van der Waals surface area contributed by atoms with E-state index in [1.54, 1.807) is 7.11 Å². The third-order valence-corrected chi connectivity index (χ3v) is 4.53. The topological polar surface area (TPSA) is 24.8 Å². The van der Waals surface area contributed by atoms with E-state index in [-0.39, 0.29) is 0 Å². The van der Waals surface area contributed by atoms with Gasteiger partial charge in [-0.05, 0) is 65.2 Å². The van der Waals surface area contributed by atoms with E-state index in [0.29, 0.717) is 0 Å². The van der Waals surface area contributed by atoms with Gasteiger partial charge in [0.25, 0.3) is 0 Å². The van der Waals surface area contributed by atoms with Gasteiger partial charge in [0.1, 0.15) is 5.75 Å². The molecule has 25 heavy (non-hydrogen) atoms. The van der Waals surface area contributed by atoms with Crippen molar-refractivity contribution in [2.45, 2.75) is 13.1 Å². The van der Waals surface area contributed by atoms with Crippen LogP contribution in [0.5, 0.6) is 5.75 Å². The molecule has 4 rings (SSSR count). The Balaban J connectivity index is 1.44. The van der Waals surface area contributed by atoms with E-state index in [1.165, 1.54) is 16.8 Å². The molecule has 0 saturated carbocycles. The normalized spacial score (nSPS) is 13.2. The molecule has 3 nitrogen and oxygen atoms in total. The summed E-state index contributed by atoms with van der Waals surface area (Å²) in [5.41, 5.74) is 6.09. The number of anilines is 1. The molecule has 0 aliphatic carbocycles. The SMILES string of the molecule is COc1ccc(C=Nc2ccc(N3Cc4ccccc4C3)cc2)cc1. The minimum absolute atomic E-state index is 0.855. The smallest absolute Gasteiger partial charge is 0.118 e. The van der Waals surface area contributed by atoms with Crippen LogP contribution in [0.3, 0.4) is 0 Å². The van der Waals surface area contributed by atoms with Gasteiger partial charge < -0.3 is 9.64 Å². The second-order valence-corrected chi connectivity index (χ2v) is 6.17. The summed E-state index contributed by atoms with van der Waals surface area (Å²) < 4.78 is 5.17. The van der Waals surface area contributed by atoms with Crippen molar-refractivity contribution in [2.75, 3.05) is 12.0 Å². The van der Waals surface area contributed by atoms with E-state index in [9.17, 15) is 0 Å². The zero-order valence-corrected chi connectivity index (χ0v) is 14.2. The van der Waals surface area contributed by atoms with Crippen molar-refractivity contribution in [3.05, 3.63) is 89.5 Å². The van der Waals surface area contributed by atoms with Crippen molar-refractivity contribution < 1.29 is 4.74 Å². The second kappa shape index (κ2) is 6.81. The largest absolute Gasteiger partial charge is 0.497 e. The maximum atomic E-state index is 5.17. The highest BCUT2D eigenvalue weighted by Gasteiger charge is 2.18. The van der Waals surface area contributed by atoms with E-state index in [0.717, 1.165) is 30.1 Å². The van der Waals surface area contributed by atoms with E-state index in [4.69, 9.17) is 4.74 Å². The summed E-state index contributed by atoms with van der Waals surface area (Å²) >= 11 is 0. The molecule has 0 N–H and O–H groups in total. The minimum Gasteiger partial charge on any atom is -0.497 e. The van der Waals surface area contributed by atoms with Crippen LogP contribution in [0, 0.1) is 0 Å². The summed E-state index contributed by atoms with van der Waals surface area (Å²) in [5, 5.41) is 0. The third kappa shape index (κ3) is 3.41. The number of benzene rings is 3. The lowest BCUT2D eigenvalue weighted by atomic mass is 10.1. The Morgan fingerprint density at radius 1 is 0.840 bits per heavy atom. The fourth-order valence-corrected chi connectivity index (χ4v) is 3.10. The molecule has 0 saturated heterocycles. The first kappa shape index (κ1) is 15.5. The van der Waals surface area contributed by atoms with Gasteiger partial charge in [0, 0.05) is 25.0 Å². The molecule has 0 spiro atoms. The summed E-state index contributed by atoms with van der Waals surface area (Å²) in [7, 11) is 1.67. The van der Waals surface area contributed by atoms with Crippen LogP contribution in [-0.4, -0.2) is 13.3 Å². The predicted octanol–water partition coefficient (Wildman–Crippen LogP) is 4.97. The van der Waals surface area contributed by atoms with Crippen LogP contribution in [0.2, 0.25) is 0 Å². The van der Waals surface area contributed by atoms with Crippen molar-refractivity contribution >= 4 is 17.6 Å². The first-order valence-electron chi connectivity index (χ1n) is 8.42. The number of hydrogen-bond donors (Lipinski definition) is 0. The van der Waals surface area contributed by atoms with Gasteiger partial charge in [-0.25, -0.2) is 0 Å². The Kier molecular flexibility index (Phi) is 4.21. The molecule has 3 aromatic carbocycles. The number of hydrogen-bond acceptors (Lipinski definition) is 3. The van der Waals surface area contributed by atoms with E-state index < -0.39 is 0 Å². The molecule has 0 fully saturated rings. The molecular formula is C22H20N2O. The fraction of sp³-hybridized carbons (Fsp3) is 0.136. The molecule has 0 aromatic heterocycles.